The van der Waals surface area contributed by atoms with Crippen LogP contribution in [0.1, 0.15) is 40.0 Å². The summed E-state index contributed by atoms with van der Waals surface area (Å²) in [6.07, 6.45) is 2.90. The number of hydrazine groups is 1. The van der Waals surface area contributed by atoms with Gasteiger partial charge in [0.1, 0.15) is 11.4 Å². The minimum atomic E-state index is -0.655. The molecule has 1 rings (SSSR count). The molecule has 1 amide bonds. The van der Waals surface area contributed by atoms with Crippen molar-refractivity contribution in [1.82, 2.24) is 5.01 Å². The first-order valence-corrected chi connectivity index (χ1v) is 4.67. The number of unbranched alkanes of at least 4 members (excludes halogenated alkanes) is 1. The highest BCUT2D eigenvalue weighted by molar-refractivity contribution is 6.07. The average molecular weight is 183 g/mol. The Morgan fingerprint density at radius 1 is 1.54 bits per heavy atom. The Morgan fingerprint density at radius 2 is 2.15 bits per heavy atom. The fraction of sp³-hybridized carbons (Fsp3) is 0.778. The molecule has 4 heteroatoms. The van der Waals surface area contributed by atoms with E-state index in [1.54, 1.807) is 13.8 Å². The lowest BCUT2D eigenvalue weighted by atomic mass is 10.1. The maximum Gasteiger partial charge on any atom is 0.269 e. The van der Waals surface area contributed by atoms with Gasteiger partial charge in [0.15, 0.2) is 0 Å². The molecule has 0 aromatic heterocycles. The molecule has 0 fully saturated rings. The maximum absolute atomic E-state index is 11.5. The van der Waals surface area contributed by atoms with Crippen molar-refractivity contribution in [2.45, 2.75) is 45.6 Å². The Balaban J connectivity index is 2.71. The van der Waals surface area contributed by atoms with Crippen molar-refractivity contribution < 1.29 is 4.79 Å². The minimum Gasteiger partial charge on any atom is -0.270 e. The zero-order chi connectivity index (χ0) is 10.1. The van der Waals surface area contributed by atoms with Crippen molar-refractivity contribution in [3.05, 3.63) is 0 Å². The molecule has 0 aromatic carbocycles. The lowest BCUT2D eigenvalue weighted by Crippen LogP contribution is -2.43. The van der Waals surface area contributed by atoms with Gasteiger partial charge in [-0.1, -0.05) is 13.3 Å². The molecule has 0 saturated carbocycles. The van der Waals surface area contributed by atoms with Crippen LogP contribution < -0.4 is 5.84 Å². The van der Waals surface area contributed by atoms with Crippen molar-refractivity contribution in [3.8, 4) is 0 Å². The van der Waals surface area contributed by atoms with Crippen LogP contribution in [0.4, 0.5) is 0 Å². The number of carbonyl (C=O) groups is 1. The van der Waals surface area contributed by atoms with Crippen LogP contribution in [0.5, 0.6) is 0 Å². The number of amidine groups is 1. The average Bonchev–Trinajstić information content (AvgIpc) is 2.26. The second-order valence-corrected chi connectivity index (χ2v) is 3.87. The maximum atomic E-state index is 11.5. The number of hydrogen-bond acceptors (Lipinski definition) is 3. The largest absolute Gasteiger partial charge is 0.270 e. The smallest absolute Gasteiger partial charge is 0.269 e. The fourth-order valence-corrected chi connectivity index (χ4v) is 1.35. The lowest BCUT2D eigenvalue weighted by Gasteiger charge is -2.14. The molecule has 1 heterocycles. The molecule has 1 aliphatic heterocycles. The summed E-state index contributed by atoms with van der Waals surface area (Å²) in [4.78, 5) is 15.8. The van der Waals surface area contributed by atoms with Crippen molar-refractivity contribution >= 4 is 11.7 Å². The van der Waals surface area contributed by atoms with E-state index in [1.165, 1.54) is 5.01 Å². The number of hydrogen-bond donors (Lipinski definition) is 1. The first-order valence-electron chi connectivity index (χ1n) is 4.67. The van der Waals surface area contributed by atoms with Gasteiger partial charge in [-0.15, -0.1) is 0 Å². The second-order valence-electron chi connectivity index (χ2n) is 3.87. The Labute approximate surface area is 78.8 Å². The highest BCUT2D eigenvalue weighted by atomic mass is 16.2. The van der Waals surface area contributed by atoms with Gasteiger partial charge in [0.05, 0.1) is 0 Å². The van der Waals surface area contributed by atoms with Crippen molar-refractivity contribution in [2.24, 2.45) is 10.8 Å². The number of carbonyl (C=O) groups excluding carboxylic acids is 1. The Hall–Kier alpha value is -0.900. The van der Waals surface area contributed by atoms with E-state index < -0.39 is 5.54 Å². The number of amides is 1. The van der Waals surface area contributed by atoms with Crippen molar-refractivity contribution in [3.63, 3.8) is 0 Å². The molecule has 13 heavy (non-hydrogen) atoms. The number of nitrogens with two attached hydrogens (primary N) is 1. The Bertz CT molecular complexity index is 245. The second kappa shape index (κ2) is 3.46. The monoisotopic (exact) mass is 183 g/mol. The molecule has 74 valence electrons. The molecule has 1 aliphatic rings. The zero-order valence-electron chi connectivity index (χ0n) is 8.50. The van der Waals surface area contributed by atoms with Crippen molar-refractivity contribution in [2.75, 3.05) is 0 Å². The van der Waals surface area contributed by atoms with E-state index in [-0.39, 0.29) is 5.91 Å². The standard InChI is InChI=1S/C9H17N3O/c1-4-5-6-7-11-9(2,3)8(13)12(7)10/h4-6,10H2,1-3H3. The van der Waals surface area contributed by atoms with Crippen LogP contribution in [-0.2, 0) is 4.79 Å². The van der Waals surface area contributed by atoms with Gasteiger partial charge in [-0.05, 0) is 20.3 Å². The summed E-state index contributed by atoms with van der Waals surface area (Å²) >= 11 is 0. The van der Waals surface area contributed by atoms with Gasteiger partial charge >= 0.3 is 0 Å². The summed E-state index contributed by atoms with van der Waals surface area (Å²) < 4.78 is 0. The van der Waals surface area contributed by atoms with Crippen LogP contribution >= 0.6 is 0 Å². The van der Waals surface area contributed by atoms with Gasteiger partial charge in [0, 0.05) is 6.42 Å². The highest BCUT2D eigenvalue weighted by Gasteiger charge is 2.38. The summed E-state index contributed by atoms with van der Waals surface area (Å²) in [5.74, 6) is 6.20. The summed E-state index contributed by atoms with van der Waals surface area (Å²) in [6.45, 7) is 5.67. The van der Waals surface area contributed by atoms with Crippen LogP contribution in [-0.4, -0.2) is 22.3 Å². The number of rotatable bonds is 3. The molecule has 2 N–H and O–H groups in total. The van der Waals surface area contributed by atoms with Gasteiger partial charge in [0.25, 0.3) is 5.91 Å². The SMILES string of the molecule is CCCCC1=NC(C)(C)C(=O)N1N. The van der Waals surface area contributed by atoms with E-state index >= 15 is 0 Å². The first-order chi connectivity index (χ1) is 5.99. The van der Waals surface area contributed by atoms with E-state index in [0.29, 0.717) is 0 Å². The summed E-state index contributed by atoms with van der Waals surface area (Å²) in [5, 5.41) is 1.19. The summed E-state index contributed by atoms with van der Waals surface area (Å²) in [6, 6.07) is 0. The minimum absolute atomic E-state index is 0.112. The summed E-state index contributed by atoms with van der Waals surface area (Å²) in [7, 11) is 0. The molecule has 0 saturated heterocycles. The van der Waals surface area contributed by atoms with E-state index in [4.69, 9.17) is 5.84 Å². The quantitative estimate of drug-likeness (QED) is 0.525. The molecule has 4 nitrogen and oxygen atoms in total. The molecule has 0 radical (unpaired) electrons. The predicted molar refractivity (Wildman–Crippen MR) is 52.1 cm³/mol. The van der Waals surface area contributed by atoms with Gasteiger partial charge in [-0.3, -0.25) is 9.79 Å². The van der Waals surface area contributed by atoms with E-state index in [1.807, 2.05) is 0 Å². The normalized spacial score (nSPS) is 20.8. The predicted octanol–water partition coefficient (Wildman–Crippen LogP) is 1.07. The van der Waals surface area contributed by atoms with E-state index in [2.05, 4.69) is 11.9 Å². The van der Waals surface area contributed by atoms with Crippen LogP contribution in [0.15, 0.2) is 4.99 Å². The highest BCUT2D eigenvalue weighted by Crippen LogP contribution is 2.21. The third-order valence-corrected chi connectivity index (χ3v) is 2.18. The van der Waals surface area contributed by atoms with Crippen LogP contribution in [0.2, 0.25) is 0 Å². The molecule has 0 spiro atoms. The van der Waals surface area contributed by atoms with E-state index in [0.717, 1.165) is 25.1 Å². The topological polar surface area (TPSA) is 58.7 Å². The molecule has 0 aromatic rings. The van der Waals surface area contributed by atoms with Gasteiger partial charge in [0.2, 0.25) is 0 Å². The molecule has 0 unspecified atom stereocenters. The summed E-state index contributed by atoms with van der Waals surface area (Å²) in [5.41, 5.74) is -0.655. The number of nitrogens with zero attached hydrogens (tertiary/aromatic N) is 2. The first kappa shape index (κ1) is 10.2. The van der Waals surface area contributed by atoms with Crippen LogP contribution in [0.3, 0.4) is 0 Å². The molecule has 0 atom stereocenters. The van der Waals surface area contributed by atoms with Gasteiger partial charge in [-0.25, -0.2) is 10.9 Å². The molecule has 0 bridgehead atoms. The lowest BCUT2D eigenvalue weighted by molar-refractivity contribution is -0.130. The Morgan fingerprint density at radius 3 is 2.54 bits per heavy atom. The van der Waals surface area contributed by atoms with Gasteiger partial charge < -0.3 is 0 Å². The Kier molecular flexibility index (Phi) is 2.71. The zero-order valence-corrected chi connectivity index (χ0v) is 8.50. The van der Waals surface area contributed by atoms with Crippen LogP contribution in [0.25, 0.3) is 0 Å². The van der Waals surface area contributed by atoms with Gasteiger partial charge in [-0.2, -0.15) is 0 Å². The van der Waals surface area contributed by atoms with Crippen molar-refractivity contribution in [1.29, 1.82) is 0 Å². The molecule has 0 aliphatic carbocycles. The fourth-order valence-electron chi connectivity index (χ4n) is 1.35. The molecular weight excluding hydrogens is 166 g/mol. The van der Waals surface area contributed by atoms with Crippen LogP contribution in [0, 0.1) is 0 Å². The number of aliphatic imine (C=N–C) groups is 1. The van der Waals surface area contributed by atoms with E-state index in [9.17, 15) is 4.79 Å². The molecular formula is C9H17N3O. The third-order valence-electron chi connectivity index (χ3n) is 2.18. The third kappa shape index (κ3) is 1.88.